The van der Waals surface area contributed by atoms with Crippen molar-refractivity contribution in [2.45, 2.75) is 37.9 Å². The summed E-state index contributed by atoms with van der Waals surface area (Å²) in [6.45, 7) is 2.09. The molecule has 0 bridgehead atoms. The van der Waals surface area contributed by atoms with Crippen molar-refractivity contribution in [2.75, 3.05) is 5.32 Å². The third-order valence-electron chi connectivity index (χ3n) is 5.45. The first-order valence-electron chi connectivity index (χ1n) is 8.71. The molecule has 1 aliphatic heterocycles. The highest BCUT2D eigenvalue weighted by atomic mass is 19.4. The van der Waals surface area contributed by atoms with Crippen molar-refractivity contribution in [1.82, 2.24) is 0 Å². The van der Waals surface area contributed by atoms with Gasteiger partial charge in [0, 0.05) is 5.92 Å². The van der Waals surface area contributed by atoms with Gasteiger partial charge in [-0.15, -0.1) is 0 Å². The number of alkyl halides is 3. The third kappa shape index (κ3) is 2.74. The second-order valence-electron chi connectivity index (χ2n) is 6.84. The van der Waals surface area contributed by atoms with Crippen molar-refractivity contribution in [3.8, 4) is 0 Å². The topological polar surface area (TPSA) is 12.0 Å². The number of aryl methyl sites for hydroxylation is 1. The van der Waals surface area contributed by atoms with E-state index in [0.717, 1.165) is 24.0 Å². The fraction of sp³-hybridized carbons (Fsp3) is 0.333. The molecular weight excluding hydrogens is 323 g/mol. The zero-order valence-electron chi connectivity index (χ0n) is 14.0. The third-order valence-corrected chi connectivity index (χ3v) is 5.45. The van der Waals surface area contributed by atoms with Gasteiger partial charge in [-0.3, -0.25) is 0 Å². The molecule has 3 atom stereocenters. The van der Waals surface area contributed by atoms with Gasteiger partial charge in [0.15, 0.2) is 0 Å². The molecule has 1 nitrogen and oxygen atoms in total. The van der Waals surface area contributed by atoms with E-state index in [4.69, 9.17) is 0 Å². The van der Waals surface area contributed by atoms with Gasteiger partial charge in [0.05, 0.1) is 17.3 Å². The van der Waals surface area contributed by atoms with Crippen LogP contribution in [0, 0.1) is 5.92 Å². The van der Waals surface area contributed by atoms with E-state index < -0.39 is 11.7 Å². The van der Waals surface area contributed by atoms with Crippen LogP contribution in [0.15, 0.2) is 54.6 Å². The Hall–Kier alpha value is -2.23. The van der Waals surface area contributed by atoms with E-state index in [-0.39, 0.29) is 23.6 Å². The summed E-state index contributed by atoms with van der Waals surface area (Å²) in [7, 11) is 0. The van der Waals surface area contributed by atoms with E-state index in [2.05, 4.69) is 36.5 Å². The first-order chi connectivity index (χ1) is 12.0. The number of hydrogen-bond acceptors (Lipinski definition) is 1. The van der Waals surface area contributed by atoms with Crippen LogP contribution in [0.1, 0.15) is 47.6 Å². The van der Waals surface area contributed by atoms with Gasteiger partial charge < -0.3 is 5.32 Å². The van der Waals surface area contributed by atoms with Crippen LogP contribution in [0.4, 0.5) is 18.9 Å². The Morgan fingerprint density at radius 2 is 1.84 bits per heavy atom. The molecule has 2 aliphatic rings. The molecule has 1 N–H and O–H groups in total. The second kappa shape index (κ2) is 5.94. The van der Waals surface area contributed by atoms with E-state index in [9.17, 15) is 13.2 Å². The zero-order valence-corrected chi connectivity index (χ0v) is 14.0. The SMILES string of the molecule is CCc1ccc([C@@H]2Nc3c(cccc3C(F)(F)F)[C@@H]3C=CC[C@H]32)cc1. The molecule has 1 heterocycles. The summed E-state index contributed by atoms with van der Waals surface area (Å²) < 4.78 is 40.5. The average Bonchev–Trinajstić information content (AvgIpc) is 3.10. The molecular formula is C21H20F3N. The number of nitrogens with one attached hydrogen (secondary N) is 1. The smallest absolute Gasteiger partial charge is 0.377 e. The van der Waals surface area contributed by atoms with Crippen molar-refractivity contribution in [3.05, 3.63) is 76.9 Å². The van der Waals surface area contributed by atoms with Crippen molar-refractivity contribution < 1.29 is 13.2 Å². The highest BCUT2D eigenvalue weighted by Crippen LogP contribution is 2.52. The number of hydrogen-bond donors (Lipinski definition) is 1. The highest BCUT2D eigenvalue weighted by Gasteiger charge is 2.42. The van der Waals surface area contributed by atoms with Crippen LogP contribution in [0.3, 0.4) is 0 Å². The minimum Gasteiger partial charge on any atom is -0.377 e. The fourth-order valence-electron chi connectivity index (χ4n) is 4.15. The fourth-order valence-corrected chi connectivity index (χ4v) is 4.15. The maximum absolute atomic E-state index is 13.5. The van der Waals surface area contributed by atoms with Gasteiger partial charge in [-0.2, -0.15) is 13.2 Å². The van der Waals surface area contributed by atoms with Crippen molar-refractivity contribution in [1.29, 1.82) is 0 Å². The summed E-state index contributed by atoms with van der Waals surface area (Å²) in [6, 6.07) is 12.6. The van der Waals surface area contributed by atoms with Crippen molar-refractivity contribution >= 4 is 5.69 Å². The molecule has 0 saturated carbocycles. The normalized spacial score (nSPS) is 24.6. The zero-order chi connectivity index (χ0) is 17.6. The minimum absolute atomic E-state index is 0.0365. The number of fused-ring (bicyclic) bond motifs is 3. The lowest BCUT2D eigenvalue weighted by atomic mass is 9.76. The molecule has 4 rings (SSSR count). The molecule has 0 spiro atoms. The van der Waals surface area contributed by atoms with Crippen molar-refractivity contribution in [2.24, 2.45) is 5.92 Å². The van der Waals surface area contributed by atoms with Crippen molar-refractivity contribution in [3.63, 3.8) is 0 Å². The molecule has 0 unspecified atom stereocenters. The predicted octanol–water partition coefficient (Wildman–Crippen LogP) is 6.09. The van der Waals surface area contributed by atoms with Gasteiger partial charge in [-0.1, -0.05) is 55.5 Å². The molecule has 130 valence electrons. The van der Waals surface area contributed by atoms with Crippen LogP contribution in [0.5, 0.6) is 0 Å². The number of halogens is 3. The maximum Gasteiger partial charge on any atom is 0.418 e. The van der Waals surface area contributed by atoms with Gasteiger partial charge in [0.1, 0.15) is 0 Å². The lowest BCUT2D eigenvalue weighted by molar-refractivity contribution is -0.137. The molecule has 0 saturated heterocycles. The predicted molar refractivity (Wildman–Crippen MR) is 93.6 cm³/mol. The molecule has 0 amide bonds. The summed E-state index contributed by atoms with van der Waals surface area (Å²) in [5.74, 6) is 0.290. The largest absolute Gasteiger partial charge is 0.418 e. The Morgan fingerprint density at radius 3 is 2.52 bits per heavy atom. The molecule has 25 heavy (non-hydrogen) atoms. The summed E-state index contributed by atoms with van der Waals surface area (Å²) in [5, 5.41) is 3.24. The Labute approximate surface area is 145 Å². The monoisotopic (exact) mass is 343 g/mol. The first-order valence-corrected chi connectivity index (χ1v) is 8.71. The Morgan fingerprint density at radius 1 is 1.08 bits per heavy atom. The maximum atomic E-state index is 13.5. The Bertz CT molecular complexity index is 805. The number of anilines is 1. The average molecular weight is 343 g/mol. The van der Waals surface area contributed by atoms with Gasteiger partial charge in [-0.05, 0) is 41.5 Å². The van der Waals surface area contributed by atoms with Crippen LogP contribution in [-0.4, -0.2) is 0 Å². The van der Waals surface area contributed by atoms with Crippen LogP contribution >= 0.6 is 0 Å². The number of para-hydroxylation sites is 1. The van der Waals surface area contributed by atoms with E-state index in [0.29, 0.717) is 0 Å². The standard InChI is InChI=1S/C21H20F3N/c1-2-13-9-11-14(12-10-13)19-16-6-3-5-15(16)17-7-4-8-18(20(17)25-19)21(22,23)24/h3-5,7-12,15-16,19,25H,2,6H2,1H3/t15-,16-,19+/m1/s1. The lowest BCUT2D eigenvalue weighted by Crippen LogP contribution is -2.30. The number of benzene rings is 2. The van der Waals surface area contributed by atoms with Crippen LogP contribution < -0.4 is 5.32 Å². The Balaban J connectivity index is 1.80. The molecule has 2 aromatic carbocycles. The molecule has 1 aliphatic carbocycles. The number of rotatable bonds is 2. The quantitative estimate of drug-likeness (QED) is 0.650. The second-order valence-corrected chi connectivity index (χ2v) is 6.84. The van der Waals surface area contributed by atoms with Crippen LogP contribution in [-0.2, 0) is 12.6 Å². The summed E-state index contributed by atoms with van der Waals surface area (Å²) in [5.41, 5.74) is 2.72. The van der Waals surface area contributed by atoms with E-state index in [1.165, 1.54) is 17.7 Å². The van der Waals surface area contributed by atoms with E-state index >= 15 is 0 Å². The summed E-state index contributed by atoms with van der Waals surface area (Å²) >= 11 is 0. The van der Waals surface area contributed by atoms with E-state index in [1.54, 1.807) is 0 Å². The summed E-state index contributed by atoms with van der Waals surface area (Å²) in [6.07, 6.45) is 1.64. The first kappa shape index (κ1) is 16.2. The lowest BCUT2D eigenvalue weighted by Gasteiger charge is -2.38. The van der Waals surface area contributed by atoms with Gasteiger partial charge >= 0.3 is 6.18 Å². The highest BCUT2D eigenvalue weighted by molar-refractivity contribution is 5.65. The van der Waals surface area contributed by atoms with Crippen LogP contribution in [0.2, 0.25) is 0 Å². The molecule has 2 aromatic rings. The van der Waals surface area contributed by atoms with Gasteiger partial charge in [-0.25, -0.2) is 0 Å². The van der Waals surface area contributed by atoms with Crippen LogP contribution in [0.25, 0.3) is 0 Å². The minimum atomic E-state index is -4.36. The number of allylic oxidation sites excluding steroid dienone is 2. The molecule has 0 radical (unpaired) electrons. The Kier molecular flexibility index (Phi) is 3.86. The van der Waals surface area contributed by atoms with Gasteiger partial charge in [0.2, 0.25) is 0 Å². The van der Waals surface area contributed by atoms with E-state index in [1.807, 2.05) is 18.2 Å². The molecule has 4 heteroatoms. The molecule has 0 aromatic heterocycles. The van der Waals surface area contributed by atoms with Gasteiger partial charge in [0.25, 0.3) is 0 Å². The molecule has 0 fully saturated rings. The summed E-state index contributed by atoms with van der Waals surface area (Å²) in [4.78, 5) is 0.